The molecule has 2 rings (SSSR count). The molecule has 0 aliphatic rings. The van der Waals surface area contributed by atoms with Gasteiger partial charge in [0.05, 0.1) is 15.2 Å². The summed E-state index contributed by atoms with van der Waals surface area (Å²) in [6.07, 6.45) is 2.27. The number of nitrogens with zero attached hydrogens (tertiary/aromatic N) is 1. The second-order valence-corrected chi connectivity index (χ2v) is 7.05. The van der Waals surface area contributed by atoms with E-state index < -0.39 is 0 Å². The third-order valence-electron chi connectivity index (χ3n) is 3.96. The van der Waals surface area contributed by atoms with Crippen molar-refractivity contribution < 1.29 is 0 Å². The SMILES string of the molecule is CCCNC(C)C(Cc1nc2ccccc2s1)C(C)C. The lowest BCUT2D eigenvalue weighted by Crippen LogP contribution is -2.37. The predicted molar refractivity (Wildman–Crippen MR) is 89.4 cm³/mol. The summed E-state index contributed by atoms with van der Waals surface area (Å²) in [5.41, 5.74) is 1.14. The number of hydrogen-bond donors (Lipinski definition) is 1. The molecule has 2 aromatic rings. The lowest BCUT2D eigenvalue weighted by Gasteiger charge is -2.27. The standard InChI is InChI=1S/C17H26N2S/c1-5-10-18-13(4)14(12(2)3)11-17-19-15-8-6-7-9-16(15)20-17/h6-9,12-14,18H,5,10-11H2,1-4H3. The van der Waals surface area contributed by atoms with Gasteiger partial charge in [-0.3, -0.25) is 0 Å². The number of benzene rings is 1. The van der Waals surface area contributed by atoms with Gasteiger partial charge in [0.2, 0.25) is 0 Å². The van der Waals surface area contributed by atoms with E-state index in [1.54, 1.807) is 0 Å². The Morgan fingerprint density at radius 3 is 2.60 bits per heavy atom. The van der Waals surface area contributed by atoms with E-state index in [9.17, 15) is 0 Å². The van der Waals surface area contributed by atoms with Gasteiger partial charge >= 0.3 is 0 Å². The Balaban J connectivity index is 2.10. The molecular weight excluding hydrogens is 264 g/mol. The highest BCUT2D eigenvalue weighted by molar-refractivity contribution is 7.18. The zero-order chi connectivity index (χ0) is 14.5. The molecule has 2 atom stereocenters. The highest BCUT2D eigenvalue weighted by atomic mass is 32.1. The summed E-state index contributed by atoms with van der Waals surface area (Å²) in [6, 6.07) is 8.98. The van der Waals surface area contributed by atoms with Crippen molar-refractivity contribution in [1.82, 2.24) is 10.3 Å². The van der Waals surface area contributed by atoms with Crippen molar-refractivity contribution in [2.45, 2.75) is 46.6 Å². The molecule has 0 saturated heterocycles. The molecule has 2 unspecified atom stereocenters. The lowest BCUT2D eigenvalue weighted by atomic mass is 9.86. The van der Waals surface area contributed by atoms with E-state index in [4.69, 9.17) is 4.98 Å². The van der Waals surface area contributed by atoms with E-state index in [0.717, 1.165) is 18.5 Å². The van der Waals surface area contributed by atoms with Crippen molar-refractivity contribution in [3.05, 3.63) is 29.3 Å². The summed E-state index contributed by atoms with van der Waals surface area (Å²) in [4.78, 5) is 4.79. The van der Waals surface area contributed by atoms with Gasteiger partial charge in [-0.1, -0.05) is 32.9 Å². The van der Waals surface area contributed by atoms with Crippen LogP contribution in [0.15, 0.2) is 24.3 Å². The number of para-hydroxylation sites is 1. The van der Waals surface area contributed by atoms with Gasteiger partial charge in [-0.2, -0.15) is 0 Å². The first-order valence-corrected chi connectivity index (χ1v) is 8.51. The first-order valence-electron chi connectivity index (χ1n) is 7.69. The number of hydrogen-bond acceptors (Lipinski definition) is 3. The maximum Gasteiger partial charge on any atom is 0.0942 e. The van der Waals surface area contributed by atoms with Gasteiger partial charge in [-0.15, -0.1) is 11.3 Å². The molecule has 0 saturated carbocycles. The molecule has 110 valence electrons. The van der Waals surface area contributed by atoms with Crippen molar-refractivity contribution in [3.63, 3.8) is 0 Å². The fraction of sp³-hybridized carbons (Fsp3) is 0.588. The summed E-state index contributed by atoms with van der Waals surface area (Å²) in [7, 11) is 0. The van der Waals surface area contributed by atoms with Crippen LogP contribution in [0.25, 0.3) is 10.2 Å². The Hall–Kier alpha value is -0.930. The van der Waals surface area contributed by atoms with Crippen LogP contribution in [-0.2, 0) is 6.42 Å². The van der Waals surface area contributed by atoms with Crippen molar-refractivity contribution in [2.75, 3.05) is 6.54 Å². The Kier molecular flexibility index (Phi) is 5.55. The molecular formula is C17H26N2S. The number of rotatable bonds is 7. The minimum Gasteiger partial charge on any atom is -0.314 e. The minimum atomic E-state index is 0.543. The highest BCUT2D eigenvalue weighted by Gasteiger charge is 2.22. The molecule has 2 nitrogen and oxygen atoms in total. The van der Waals surface area contributed by atoms with Crippen LogP contribution in [0.1, 0.15) is 39.1 Å². The molecule has 0 fully saturated rings. The van der Waals surface area contributed by atoms with E-state index >= 15 is 0 Å². The molecule has 0 spiro atoms. The fourth-order valence-corrected chi connectivity index (χ4v) is 3.76. The van der Waals surface area contributed by atoms with Crippen LogP contribution in [-0.4, -0.2) is 17.6 Å². The smallest absolute Gasteiger partial charge is 0.0942 e. The molecule has 0 bridgehead atoms. The largest absolute Gasteiger partial charge is 0.314 e. The number of thiazole rings is 1. The molecule has 1 aromatic carbocycles. The summed E-state index contributed by atoms with van der Waals surface area (Å²) >= 11 is 1.85. The first-order chi connectivity index (χ1) is 9.61. The summed E-state index contributed by atoms with van der Waals surface area (Å²) < 4.78 is 1.30. The topological polar surface area (TPSA) is 24.9 Å². The van der Waals surface area contributed by atoms with Gasteiger partial charge in [0.15, 0.2) is 0 Å². The third-order valence-corrected chi connectivity index (χ3v) is 5.02. The summed E-state index contributed by atoms with van der Waals surface area (Å²) in [6.45, 7) is 10.3. The number of nitrogens with one attached hydrogen (secondary N) is 1. The zero-order valence-electron chi connectivity index (χ0n) is 13.0. The van der Waals surface area contributed by atoms with Crippen LogP contribution < -0.4 is 5.32 Å². The van der Waals surface area contributed by atoms with Gasteiger partial charge in [0.1, 0.15) is 0 Å². The third kappa shape index (κ3) is 3.80. The number of fused-ring (bicyclic) bond motifs is 1. The fourth-order valence-electron chi connectivity index (χ4n) is 2.72. The van der Waals surface area contributed by atoms with Crippen LogP contribution >= 0.6 is 11.3 Å². The molecule has 0 aliphatic carbocycles. The lowest BCUT2D eigenvalue weighted by molar-refractivity contribution is 0.289. The van der Waals surface area contributed by atoms with Gasteiger partial charge in [-0.25, -0.2) is 4.98 Å². The van der Waals surface area contributed by atoms with Crippen molar-refractivity contribution >= 4 is 21.6 Å². The molecule has 1 aromatic heterocycles. The summed E-state index contributed by atoms with van der Waals surface area (Å²) in [5.74, 6) is 1.31. The van der Waals surface area contributed by atoms with Crippen molar-refractivity contribution in [2.24, 2.45) is 11.8 Å². The molecule has 1 N–H and O–H groups in total. The first kappa shape index (κ1) is 15.5. The van der Waals surface area contributed by atoms with Gasteiger partial charge in [0.25, 0.3) is 0 Å². The Bertz CT molecular complexity index is 500. The van der Waals surface area contributed by atoms with Crippen LogP contribution in [0.3, 0.4) is 0 Å². The molecule has 0 amide bonds. The highest BCUT2D eigenvalue weighted by Crippen LogP contribution is 2.27. The Morgan fingerprint density at radius 1 is 1.20 bits per heavy atom. The van der Waals surface area contributed by atoms with Crippen LogP contribution in [0.2, 0.25) is 0 Å². The van der Waals surface area contributed by atoms with Gasteiger partial charge in [0, 0.05) is 12.5 Å². The van der Waals surface area contributed by atoms with Crippen LogP contribution in [0, 0.1) is 11.8 Å². The second-order valence-electron chi connectivity index (χ2n) is 5.93. The predicted octanol–water partition coefficient (Wildman–Crippen LogP) is 4.50. The summed E-state index contributed by atoms with van der Waals surface area (Å²) in [5, 5.41) is 4.92. The second kappa shape index (κ2) is 7.19. The van der Waals surface area contributed by atoms with Crippen LogP contribution in [0.5, 0.6) is 0 Å². The Labute approximate surface area is 126 Å². The quantitative estimate of drug-likeness (QED) is 0.812. The van der Waals surface area contributed by atoms with E-state index in [1.807, 2.05) is 11.3 Å². The van der Waals surface area contributed by atoms with Gasteiger partial charge < -0.3 is 5.32 Å². The van der Waals surface area contributed by atoms with Gasteiger partial charge in [-0.05, 0) is 43.9 Å². The minimum absolute atomic E-state index is 0.543. The molecule has 3 heteroatoms. The van der Waals surface area contributed by atoms with Crippen molar-refractivity contribution in [3.8, 4) is 0 Å². The average Bonchev–Trinajstić information content (AvgIpc) is 2.84. The molecule has 1 heterocycles. The zero-order valence-corrected chi connectivity index (χ0v) is 13.8. The van der Waals surface area contributed by atoms with E-state index in [1.165, 1.54) is 16.1 Å². The molecule has 20 heavy (non-hydrogen) atoms. The molecule has 0 aliphatic heterocycles. The maximum absolute atomic E-state index is 4.79. The van der Waals surface area contributed by atoms with E-state index in [2.05, 4.69) is 57.3 Å². The Morgan fingerprint density at radius 2 is 1.95 bits per heavy atom. The normalized spacial score (nSPS) is 14.8. The van der Waals surface area contributed by atoms with E-state index in [-0.39, 0.29) is 0 Å². The number of aromatic nitrogens is 1. The molecule has 0 radical (unpaired) electrons. The monoisotopic (exact) mass is 290 g/mol. The van der Waals surface area contributed by atoms with Crippen molar-refractivity contribution in [1.29, 1.82) is 0 Å². The average molecular weight is 290 g/mol. The maximum atomic E-state index is 4.79. The van der Waals surface area contributed by atoms with E-state index in [0.29, 0.717) is 17.9 Å². The van der Waals surface area contributed by atoms with Crippen LogP contribution in [0.4, 0.5) is 0 Å².